The van der Waals surface area contributed by atoms with E-state index in [4.69, 9.17) is 11.6 Å². The van der Waals surface area contributed by atoms with E-state index in [2.05, 4.69) is 0 Å². The van der Waals surface area contributed by atoms with Crippen molar-refractivity contribution in [1.82, 2.24) is 14.4 Å². The Morgan fingerprint density at radius 1 is 1.03 bits per heavy atom. The molecule has 5 rings (SSSR count). The normalized spacial score (nSPS) is 17.8. The van der Waals surface area contributed by atoms with Crippen LogP contribution in [0.4, 0.5) is 4.39 Å². The Kier molecular flexibility index (Phi) is 7.07. The molecule has 38 heavy (non-hydrogen) atoms. The fourth-order valence-electron chi connectivity index (χ4n) is 5.93. The van der Waals surface area contributed by atoms with Gasteiger partial charge in [-0.3, -0.25) is 14.4 Å². The largest absolute Gasteiger partial charge is 0.350 e. The number of hydrogen-bond donors (Lipinski definition) is 0. The lowest BCUT2D eigenvalue weighted by molar-refractivity contribution is -0.129. The van der Waals surface area contributed by atoms with Crippen molar-refractivity contribution < 1.29 is 18.8 Å². The highest BCUT2D eigenvalue weighted by Gasteiger charge is 2.39. The minimum Gasteiger partial charge on any atom is -0.350 e. The van der Waals surface area contributed by atoms with E-state index in [1.807, 2.05) is 26.0 Å². The SMILES string of the molecule is Cn1cc(C(=O)C(=O)N2CCCC2(C)C)c2cc(C(=O)N3CCC(Cc4ccc(F)cc4)CC3)c(Cl)cc21. The highest BCUT2D eigenvalue weighted by Crippen LogP contribution is 2.33. The van der Waals surface area contributed by atoms with E-state index < -0.39 is 11.7 Å². The van der Waals surface area contributed by atoms with Gasteiger partial charge in [0.05, 0.1) is 21.7 Å². The van der Waals surface area contributed by atoms with Gasteiger partial charge in [0, 0.05) is 43.8 Å². The number of benzene rings is 2. The van der Waals surface area contributed by atoms with E-state index in [1.165, 1.54) is 12.1 Å². The summed E-state index contributed by atoms with van der Waals surface area (Å²) in [6, 6.07) is 9.96. The number of rotatable bonds is 5. The molecule has 2 aliphatic heterocycles. The summed E-state index contributed by atoms with van der Waals surface area (Å²) >= 11 is 6.58. The summed E-state index contributed by atoms with van der Waals surface area (Å²) in [5, 5.41) is 0.880. The number of piperidine rings is 1. The zero-order valence-corrected chi connectivity index (χ0v) is 22.9. The molecule has 3 aromatic rings. The lowest BCUT2D eigenvalue weighted by Crippen LogP contribution is -2.45. The van der Waals surface area contributed by atoms with E-state index in [0.29, 0.717) is 52.6 Å². The van der Waals surface area contributed by atoms with Crippen molar-refractivity contribution in [2.45, 2.75) is 51.5 Å². The van der Waals surface area contributed by atoms with Crippen LogP contribution in [0.25, 0.3) is 10.9 Å². The van der Waals surface area contributed by atoms with E-state index in [1.54, 1.807) is 39.7 Å². The molecule has 0 spiro atoms. The second-order valence-corrected chi connectivity index (χ2v) is 11.7. The number of amides is 2. The van der Waals surface area contributed by atoms with Crippen LogP contribution in [0.15, 0.2) is 42.6 Å². The predicted molar refractivity (Wildman–Crippen MR) is 146 cm³/mol. The number of carbonyl (C=O) groups is 3. The summed E-state index contributed by atoms with van der Waals surface area (Å²) in [6.45, 7) is 5.72. The lowest BCUT2D eigenvalue weighted by atomic mass is 9.90. The lowest BCUT2D eigenvalue weighted by Gasteiger charge is -2.32. The molecule has 0 aliphatic carbocycles. The molecule has 0 N–H and O–H groups in total. The maximum absolute atomic E-state index is 13.5. The summed E-state index contributed by atoms with van der Waals surface area (Å²) in [4.78, 5) is 43.5. The van der Waals surface area contributed by atoms with Gasteiger partial charge in [-0.2, -0.15) is 0 Å². The van der Waals surface area contributed by atoms with Gasteiger partial charge in [-0.1, -0.05) is 23.7 Å². The first-order chi connectivity index (χ1) is 18.0. The van der Waals surface area contributed by atoms with Crippen LogP contribution in [-0.2, 0) is 18.3 Å². The predicted octanol–water partition coefficient (Wildman–Crippen LogP) is 5.65. The first kappa shape index (κ1) is 26.4. The molecular formula is C30H33ClFN3O3. The summed E-state index contributed by atoms with van der Waals surface area (Å²) in [5.41, 5.74) is 2.06. The maximum Gasteiger partial charge on any atom is 0.295 e. The molecule has 2 saturated heterocycles. The van der Waals surface area contributed by atoms with E-state index in [0.717, 1.165) is 37.7 Å². The molecule has 0 radical (unpaired) electrons. The van der Waals surface area contributed by atoms with Crippen molar-refractivity contribution in [1.29, 1.82) is 0 Å². The Labute approximate surface area is 227 Å². The number of aryl methyl sites for hydroxylation is 1. The minimum absolute atomic E-state index is 0.175. The molecule has 0 saturated carbocycles. The number of halogens is 2. The number of carbonyl (C=O) groups excluding carboxylic acids is 3. The smallest absolute Gasteiger partial charge is 0.295 e. The van der Waals surface area contributed by atoms with Gasteiger partial charge >= 0.3 is 0 Å². The second kappa shape index (κ2) is 10.2. The average molecular weight is 538 g/mol. The highest BCUT2D eigenvalue weighted by molar-refractivity contribution is 6.45. The molecule has 2 aliphatic rings. The third kappa shape index (κ3) is 4.96. The van der Waals surface area contributed by atoms with Gasteiger partial charge in [-0.05, 0) is 81.7 Å². The molecule has 1 aromatic heterocycles. The van der Waals surface area contributed by atoms with Crippen molar-refractivity contribution >= 4 is 40.1 Å². The van der Waals surface area contributed by atoms with Crippen LogP contribution in [0.3, 0.4) is 0 Å². The van der Waals surface area contributed by atoms with E-state index in [9.17, 15) is 18.8 Å². The minimum atomic E-state index is -0.562. The maximum atomic E-state index is 13.5. The molecule has 200 valence electrons. The molecule has 8 heteroatoms. The number of ketones is 1. The van der Waals surface area contributed by atoms with Crippen molar-refractivity contribution in [2.24, 2.45) is 13.0 Å². The van der Waals surface area contributed by atoms with Gasteiger partial charge < -0.3 is 14.4 Å². The van der Waals surface area contributed by atoms with Crippen LogP contribution in [0, 0.1) is 11.7 Å². The molecule has 3 heterocycles. The van der Waals surface area contributed by atoms with Crippen LogP contribution in [0.5, 0.6) is 0 Å². The van der Waals surface area contributed by atoms with Gasteiger partial charge in [0.1, 0.15) is 5.82 Å². The van der Waals surface area contributed by atoms with E-state index >= 15 is 0 Å². The molecule has 0 unspecified atom stereocenters. The third-order valence-electron chi connectivity index (χ3n) is 8.23. The number of Topliss-reactive ketones (excluding diaryl/α,β-unsaturated/α-hetero) is 1. The monoisotopic (exact) mass is 537 g/mol. The fourth-order valence-corrected chi connectivity index (χ4v) is 6.17. The molecule has 2 aromatic carbocycles. The van der Waals surface area contributed by atoms with Crippen LogP contribution in [0.1, 0.15) is 65.8 Å². The van der Waals surface area contributed by atoms with E-state index in [-0.39, 0.29) is 17.3 Å². The number of fused-ring (bicyclic) bond motifs is 1. The summed E-state index contributed by atoms with van der Waals surface area (Å²) in [5.74, 6) is -1.07. The van der Waals surface area contributed by atoms with Crippen LogP contribution >= 0.6 is 11.6 Å². The first-order valence-electron chi connectivity index (χ1n) is 13.2. The Hall–Kier alpha value is -3.19. The highest BCUT2D eigenvalue weighted by atomic mass is 35.5. The number of hydrogen-bond acceptors (Lipinski definition) is 3. The summed E-state index contributed by atoms with van der Waals surface area (Å²) in [6.07, 6.45) is 5.93. The molecular weight excluding hydrogens is 505 g/mol. The van der Waals surface area contributed by atoms with Crippen molar-refractivity contribution in [3.8, 4) is 0 Å². The number of likely N-dealkylation sites (tertiary alicyclic amines) is 2. The van der Waals surface area contributed by atoms with Crippen molar-refractivity contribution in [3.63, 3.8) is 0 Å². The first-order valence-corrected chi connectivity index (χ1v) is 13.6. The molecule has 2 amide bonds. The average Bonchev–Trinajstić information content (AvgIpc) is 3.42. The van der Waals surface area contributed by atoms with Gasteiger partial charge in [-0.25, -0.2) is 4.39 Å². The molecule has 0 atom stereocenters. The van der Waals surface area contributed by atoms with Crippen LogP contribution in [-0.4, -0.2) is 57.1 Å². The van der Waals surface area contributed by atoms with Crippen LogP contribution < -0.4 is 0 Å². The van der Waals surface area contributed by atoms with Gasteiger partial charge in [-0.15, -0.1) is 0 Å². The number of aromatic nitrogens is 1. The second-order valence-electron chi connectivity index (χ2n) is 11.3. The zero-order chi connectivity index (χ0) is 27.2. The van der Waals surface area contributed by atoms with Gasteiger partial charge in [0.2, 0.25) is 0 Å². The standard InChI is InChI=1S/C30H33ClFN3O3/c1-30(2)11-4-12-35(30)29(38)27(36)24-18-33(3)26-17-25(31)23(16-22(24)26)28(37)34-13-9-20(10-14-34)15-19-5-7-21(32)8-6-19/h5-8,16-18,20H,4,9-15H2,1-3H3. The molecule has 0 bridgehead atoms. The zero-order valence-electron chi connectivity index (χ0n) is 22.1. The van der Waals surface area contributed by atoms with Gasteiger partial charge in [0.25, 0.3) is 17.6 Å². The topological polar surface area (TPSA) is 62.6 Å². The summed E-state index contributed by atoms with van der Waals surface area (Å²) in [7, 11) is 1.80. The number of nitrogens with zero attached hydrogens (tertiary/aromatic N) is 3. The quantitative estimate of drug-likeness (QED) is 0.312. The van der Waals surface area contributed by atoms with Crippen LogP contribution in [0.2, 0.25) is 5.02 Å². The third-order valence-corrected chi connectivity index (χ3v) is 8.55. The molecule has 2 fully saturated rings. The van der Waals surface area contributed by atoms with Crippen molar-refractivity contribution in [2.75, 3.05) is 19.6 Å². The van der Waals surface area contributed by atoms with Crippen molar-refractivity contribution in [3.05, 3.63) is 70.1 Å². The molecule has 6 nitrogen and oxygen atoms in total. The Bertz CT molecular complexity index is 1400. The summed E-state index contributed by atoms with van der Waals surface area (Å²) < 4.78 is 15.0. The Morgan fingerprint density at radius 2 is 1.71 bits per heavy atom. The Balaban J connectivity index is 1.34. The Morgan fingerprint density at radius 3 is 2.34 bits per heavy atom. The fraction of sp³-hybridized carbons (Fsp3) is 0.433. The van der Waals surface area contributed by atoms with Gasteiger partial charge in [0.15, 0.2) is 0 Å².